The highest BCUT2D eigenvalue weighted by Crippen LogP contribution is 2.34. The summed E-state index contributed by atoms with van der Waals surface area (Å²) in [5.41, 5.74) is 1.91. The fourth-order valence-electron chi connectivity index (χ4n) is 3.95. The highest BCUT2D eigenvalue weighted by Gasteiger charge is 2.26. The number of likely N-dealkylation sites (tertiary alicyclic amines) is 1. The van der Waals surface area contributed by atoms with E-state index in [1.807, 2.05) is 48.5 Å². The second-order valence-electron chi connectivity index (χ2n) is 7.94. The molecule has 1 fully saturated rings. The number of carbonyl (C=O) groups is 2. The van der Waals surface area contributed by atoms with E-state index in [2.05, 4.69) is 10.5 Å². The molecule has 1 N–H and O–H groups in total. The number of hydrogen-bond donors (Lipinski definition) is 1. The molecule has 0 unspecified atom stereocenters. The average molecular weight is 481 g/mol. The summed E-state index contributed by atoms with van der Waals surface area (Å²) in [5.74, 6) is 0.291. The van der Waals surface area contributed by atoms with E-state index in [1.165, 1.54) is 0 Å². The lowest BCUT2D eigenvalue weighted by Gasteiger charge is -2.31. The number of thiazole rings is 1. The fourth-order valence-corrected chi connectivity index (χ4v) is 5.23. The standard InChI is InChI=1S/C24H21ClN4O3S/c25-17-6-7-21-18(12-17)27-24(33-21)16-8-10-29(11-9-16)22(30)14-26-23(31)19-13-20(32-28-19)15-4-2-1-3-5-15/h1-7,12-13,16H,8-11,14H2,(H,26,31). The van der Waals surface area contributed by atoms with E-state index in [-0.39, 0.29) is 18.1 Å². The quantitative estimate of drug-likeness (QED) is 0.445. The molecular formula is C24H21ClN4O3S. The van der Waals surface area contributed by atoms with Crippen molar-refractivity contribution in [3.63, 3.8) is 0 Å². The van der Waals surface area contributed by atoms with Crippen molar-refractivity contribution in [2.75, 3.05) is 19.6 Å². The van der Waals surface area contributed by atoms with E-state index in [0.717, 1.165) is 33.6 Å². The van der Waals surface area contributed by atoms with Crippen LogP contribution in [0, 0.1) is 0 Å². The first-order valence-electron chi connectivity index (χ1n) is 10.7. The summed E-state index contributed by atoms with van der Waals surface area (Å²) in [7, 11) is 0. The van der Waals surface area contributed by atoms with Crippen LogP contribution in [-0.2, 0) is 4.79 Å². The Morgan fingerprint density at radius 3 is 2.70 bits per heavy atom. The minimum atomic E-state index is -0.433. The van der Waals surface area contributed by atoms with Gasteiger partial charge in [-0.2, -0.15) is 0 Å². The maximum atomic E-state index is 12.6. The van der Waals surface area contributed by atoms with E-state index in [9.17, 15) is 9.59 Å². The molecule has 168 valence electrons. The van der Waals surface area contributed by atoms with Gasteiger partial charge in [-0.05, 0) is 31.0 Å². The van der Waals surface area contributed by atoms with Gasteiger partial charge in [0.25, 0.3) is 5.91 Å². The Morgan fingerprint density at radius 2 is 1.91 bits per heavy atom. The van der Waals surface area contributed by atoms with Gasteiger partial charge >= 0.3 is 0 Å². The second-order valence-corrected chi connectivity index (χ2v) is 9.44. The molecular weight excluding hydrogens is 460 g/mol. The van der Waals surface area contributed by atoms with E-state index >= 15 is 0 Å². The van der Waals surface area contributed by atoms with Crippen molar-refractivity contribution in [2.45, 2.75) is 18.8 Å². The molecule has 0 aliphatic carbocycles. The van der Waals surface area contributed by atoms with Gasteiger partial charge in [-0.15, -0.1) is 11.3 Å². The molecule has 4 aromatic rings. The van der Waals surface area contributed by atoms with Crippen LogP contribution in [0.3, 0.4) is 0 Å². The summed E-state index contributed by atoms with van der Waals surface area (Å²) in [6.07, 6.45) is 1.69. The normalized spacial score (nSPS) is 14.5. The molecule has 0 atom stereocenters. The molecule has 1 saturated heterocycles. The van der Waals surface area contributed by atoms with Gasteiger partial charge in [0.05, 0.1) is 21.8 Å². The Kier molecular flexibility index (Phi) is 6.11. The SMILES string of the molecule is O=C(NCC(=O)N1CCC(c2nc3cc(Cl)ccc3s2)CC1)c1cc(-c2ccccc2)on1. The van der Waals surface area contributed by atoms with Crippen LogP contribution in [-0.4, -0.2) is 46.5 Å². The summed E-state index contributed by atoms with van der Waals surface area (Å²) in [4.78, 5) is 31.6. The number of halogens is 1. The topological polar surface area (TPSA) is 88.3 Å². The number of nitrogens with one attached hydrogen (secondary N) is 1. The number of fused-ring (bicyclic) bond motifs is 1. The van der Waals surface area contributed by atoms with Crippen molar-refractivity contribution in [3.05, 3.63) is 70.3 Å². The van der Waals surface area contributed by atoms with Gasteiger partial charge in [-0.1, -0.05) is 47.1 Å². The van der Waals surface area contributed by atoms with Crippen LogP contribution in [0.25, 0.3) is 21.5 Å². The van der Waals surface area contributed by atoms with E-state index in [0.29, 0.717) is 29.8 Å². The predicted octanol–water partition coefficient (Wildman–Crippen LogP) is 4.74. The zero-order valence-electron chi connectivity index (χ0n) is 17.7. The van der Waals surface area contributed by atoms with Gasteiger partial charge < -0.3 is 14.7 Å². The maximum absolute atomic E-state index is 12.6. The third kappa shape index (κ3) is 4.77. The summed E-state index contributed by atoms with van der Waals surface area (Å²) >= 11 is 7.76. The lowest BCUT2D eigenvalue weighted by atomic mass is 9.97. The van der Waals surface area contributed by atoms with Gasteiger partial charge in [0.1, 0.15) is 0 Å². The third-order valence-electron chi connectivity index (χ3n) is 5.76. The van der Waals surface area contributed by atoms with Gasteiger partial charge in [-0.25, -0.2) is 4.98 Å². The highest BCUT2D eigenvalue weighted by molar-refractivity contribution is 7.18. The summed E-state index contributed by atoms with van der Waals surface area (Å²) in [6.45, 7) is 1.20. The zero-order chi connectivity index (χ0) is 22.8. The number of carbonyl (C=O) groups excluding carboxylic acids is 2. The van der Waals surface area contributed by atoms with Crippen LogP contribution in [0.1, 0.15) is 34.3 Å². The van der Waals surface area contributed by atoms with Crippen LogP contribution in [0.4, 0.5) is 0 Å². The minimum absolute atomic E-state index is 0.0728. The Hall–Kier alpha value is -3.23. The molecule has 3 heterocycles. The first kappa shape index (κ1) is 21.6. The highest BCUT2D eigenvalue weighted by atomic mass is 35.5. The van der Waals surface area contributed by atoms with Crippen molar-refractivity contribution >= 4 is 45.0 Å². The molecule has 33 heavy (non-hydrogen) atoms. The first-order chi connectivity index (χ1) is 16.1. The molecule has 0 spiro atoms. The Bertz CT molecular complexity index is 1300. The molecule has 0 bridgehead atoms. The molecule has 1 aliphatic rings. The minimum Gasteiger partial charge on any atom is -0.355 e. The number of rotatable bonds is 5. The van der Waals surface area contributed by atoms with E-state index in [1.54, 1.807) is 22.3 Å². The Morgan fingerprint density at radius 1 is 1.12 bits per heavy atom. The van der Waals surface area contributed by atoms with Crippen LogP contribution in [0.2, 0.25) is 5.02 Å². The Labute approximate surface area is 199 Å². The molecule has 9 heteroatoms. The lowest BCUT2D eigenvalue weighted by Crippen LogP contribution is -2.43. The van der Waals surface area contributed by atoms with Crippen molar-refractivity contribution in [3.8, 4) is 11.3 Å². The molecule has 5 rings (SSSR count). The van der Waals surface area contributed by atoms with E-state index < -0.39 is 5.91 Å². The molecule has 0 saturated carbocycles. The van der Waals surface area contributed by atoms with Crippen molar-refractivity contribution in [1.29, 1.82) is 0 Å². The molecule has 2 aromatic heterocycles. The van der Waals surface area contributed by atoms with Crippen LogP contribution < -0.4 is 5.32 Å². The summed E-state index contributed by atoms with van der Waals surface area (Å²) in [5, 5.41) is 8.25. The van der Waals surface area contributed by atoms with Crippen LogP contribution in [0.15, 0.2) is 59.1 Å². The third-order valence-corrected chi connectivity index (χ3v) is 7.20. The predicted molar refractivity (Wildman–Crippen MR) is 127 cm³/mol. The van der Waals surface area contributed by atoms with Crippen LogP contribution >= 0.6 is 22.9 Å². The average Bonchev–Trinajstić information content (AvgIpc) is 3.50. The first-order valence-corrected chi connectivity index (χ1v) is 11.9. The second kappa shape index (κ2) is 9.33. The molecule has 2 amide bonds. The molecule has 1 aliphatic heterocycles. The van der Waals surface area contributed by atoms with Crippen molar-refractivity contribution in [2.24, 2.45) is 0 Å². The van der Waals surface area contributed by atoms with Gasteiger partial charge in [0.15, 0.2) is 11.5 Å². The Balaban J connectivity index is 1.13. The molecule has 2 aromatic carbocycles. The number of piperidine rings is 1. The smallest absolute Gasteiger partial charge is 0.273 e. The van der Waals surface area contributed by atoms with Gasteiger partial charge in [0, 0.05) is 35.7 Å². The zero-order valence-corrected chi connectivity index (χ0v) is 19.2. The molecule has 0 radical (unpaired) electrons. The lowest BCUT2D eigenvalue weighted by molar-refractivity contribution is -0.131. The number of benzene rings is 2. The van der Waals surface area contributed by atoms with E-state index in [4.69, 9.17) is 21.1 Å². The number of aromatic nitrogens is 2. The number of amides is 2. The summed E-state index contributed by atoms with van der Waals surface area (Å²) in [6, 6.07) is 16.7. The maximum Gasteiger partial charge on any atom is 0.273 e. The van der Waals surface area contributed by atoms with Crippen molar-refractivity contribution < 1.29 is 14.1 Å². The van der Waals surface area contributed by atoms with Crippen molar-refractivity contribution in [1.82, 2.24) is 20.4 Å². The number of hydrogen-bond acceptors (Lipinski definition) is 6. The molecule has 7 nitrogen and oxygen atoms in total. The van der Waals surface area contributed by atoms with Gasteiger partial charge in [0.2, 0.25) is 5.91 Å². The summed E-state index contributed by atoms with van der Waals surface area (Å²) < 4.78 is 6.38. The number of nitrogens with zero attached hydrogens (tertiary/aromatic N) is 3. The monoisotopic (exact) mass is 480 g/mol. The largest absolute Gasteiger partial charge is 0.355 e. The van der Waals surface area contributed by atoms with Crippen LogP contribution in [0.5, 0.6) is 0 Å². The van der Waals surface area contributed by atoms with Gasteiger partial charge in [-0.3, -0.25) is 9.59 Å². The fraction of sp³-hybridized carbons (Fsp3) is 0.250.